The highest BCUT2D eigenvalue weighted by atomic mass is 14.9. The predicted molar refractivity (Wildman–Crippen MR) is 142 cm³/mol. The van der Waals surface area contributed by atoms with Crippen LogP contribution in [-0.4, -0.2) is 8.97 Å². The van der Waals surface area contributed by atoms with Gasteiger partial charge in [0.1, 0.15) is 0 Å². The van der Waals surface area contributed by atoms with E-state index in [1.807, 2.05) is 0 Å². The molecule has 0 radical (unpaired) electrons. The monoisotopic (exact) mass is 424 g/mol. The van der Waals surface area contributed by atoms with Gasteiger partial charge in [-0.05, 0) is 73.0 Å². The van der Waals surface area contributed by atoms with Crippen molar-refractivity contribution in [3.8, 4) is 11.1 Å². The number of nitrogens with zero attached hydrogens (tertiary/aromatic N) is 2. The van der Waals surface area contributed by atoms with Gasteiger partial charge in [-0.2, -0.15) is 0 Å². The van der Waals surface area contributed by atoms with E-state index < -0.39 is 0 Å². The first-order valence-electron chi connectivity index (χ1n) is 11.6. The molecule has 0 saturated heterocycles. The minimum atomic E-state index is 1.26. The molecule has 2 nitrogen and oxygen atoms in total. The van der Waals surface area contributed by atoms with Crippen LogP contribution < -0.4 is 0 Å². The van der Waals surface area contributed by atoms with E-state index in [-0.39, 0.29) is 0 Å². The summed E-state index contributed by atoms with van der Waals surface area (Å²) in [7, 11) is 2.16. The van der Waals surface area contributed by atoms with Crippen LogP contribution in [0.4, 0.5) is 0 Å². The molecule has 33 heavy (non-hydrogen) atoms. The lowest BCUT2D eigenvalue weighted by Crippen LogP contribution is -1.86. The molecule has 4 aromatic carbocycles. The van der Waals surface area contributed by atoms with Crippen LogP contribution in [0.25, 0.3) is 66.2 Å². The third-order valence-corrected chi connectivity index (χ3v) is 7.37. The Morgan fingerprint density at radius 3 is 2.06 bits per heavy atom. The van der Waals surface area contributed by atoms with Crippen LogP contribution in [0.3, 0.4) is 0 Å². The zero-order valence-corrected chi connectivity index (χ0v) is 19.1. The number of hydrogen-bond donors (Lipinski definition) is 0. The maximum absolute atomic E-state index is 2.44. The van der Waals surface area contributed by atoms with Gasteiger partial charge >= 0.3 is 0 Å². The third kappa shape index (κ3) is 2.33. The molecule has 0 aliphatic rings. The normalized spacial score (nSPS) is 12.6. The second kappa shape index (κ2) is 6.49. The average molecular weight is 425 g/mol. The lowest BCUT2D eigenvalue weighted by atomic mass is 9.97. The van der Waals surface area contributed by atoms with E-state index in [0.29, 0.717) is 0 Å². The van der Waals surface area contributed by atoms with Crippen LogP contribution in [0, 0.1) is 6.92 Å². The minimum Gasteiger partial charge on any atom is -0.344 e. The summed E-state index contributed by atoms with van der Waals surface area (Å²) in [5, 5.41) is 6.60. The molecule has 0 saturated carbocycles. The highest BCUT2D eigenvalue weighted by Gasteiger charge is 2.20. The number of aryl methyl sites for hydroxylation is 2. The van der Waals surface area contributed by atoms with E-state index in [4.69, 9.17) is 0 Å². The second-order valence-corrected chi connectivity index (χ2v) is 9.09. The summed E-state index contributed by atoms with van der Waals surface area (Å²) in [5.41, 5.74) is 10.3. The van der Waals surface area contributed by atoms with Crippen LogP contribution >= 0.6 is 0 Å². The van der Waals surface area contributed by atoms with Crippen molar-refractivity contribution in [1.29, 1.82) is 0 Å². The van der Waals surface area contributed by atoms with Crippen molar-refractivity contribution in [2.24, 2.45) is 7.05 Å². The van der Waals surface area contributed by atoms with Gasteiger partial charge in [0, 0.05) is 50.7 Å². The smallest absolute Gasteiger partial charge is 0.0617 e. The Bertz CT molecular complexity index is 1890. The summed E-state index contributed by atoms with van der Waals surface area (Å²) in [6, 6.07) is 29.1. The van der Waals surface area contributed by atoms with Crippen LogP contribution in [-0.2, 0) is 7.05 Å². The van der Waals surface area contributed by atoms with Gasteiger partial charge in [-0.1, -0.05) is 48.5 Å². The molecule has 0 amide bonds. The third-order valence-electron chi connectivity index (χ3n) is 7.37. The Labute approximate surface area is 192 Å². The summed E-state index contributed by atoms with van der Waals surface area (Å²) in [6.07, 6.45) is 4.38. The largest absolute Gasteiger partial charge is 0.344 e. The van der Waals surface area contributed by atoms with Crippen molar-refractivity contribution < 1.29 is 0 Å². The van der Waals surface area contributed by atoms with Crippen molar-refractivity contribution in [3.63, 3.8) is 0 Å². The van der Waals surface area contributed by atoms with Gasteiger partial charge in [0.2, 0.25) is 0 Å². The highest BCUT2D eigenvalue weighted by Crippen LogP contribution is 2.41. The van der Waals surface area contributed by atoms with Crippen molar-refractivity contribution in [1.82, 2.24) is 8.97 Å². The molecule has 0 fully saturated rings. The van der Waals surface area contributed by atoms with E-state index in [1.54, 1.807) is 0 Å². The predicted octanol–water partition coefficient (Wildman–Crippen LogP) is 8.34. The van der Waals surface area contributed by atoms with Gasteiger partial charge in [-0.15, -0.1) is 0 Å². The summed E-state index contributed by atoms with van der Waals surface area (Å²) in [5.74, 6) is 0. The Morgan fingerprint density at radius 1 is 0.636 bits per heavy atom. The summed E-state index contributed by atoms with van der Waals surface area (Å²) < 4.78 is 4.73. The number of hydrogen-bond acceptors (Lipinski definition) is 0. The number of benzene rings is 4. The Hall–Kier alpha value is -4.04. The molecule has 3 heterocycles. The molecule has 0 atom stereocenters. The highest BCUT2D eigenvalue weighted by molar-refractivity contribution is 6.18. The molecule has 3 aromatic heterocycles. The molecule has 7 aromatic rings. The molecule has 0 aliphatic carbocycles. The number of fused-ring (bicyclic) bond motifs is 6. The van der Waals surface area contributed by atoms with Crippen LogP contribution in [0.15, 0.2) is 84.9 Å². The Balaban J connectivity index is 1.59. The maximum Gasteiger partial charge on any atom is 0.0617 e. The fraction of sp³-hybridized carbons (Fsp3) is 0.0968. The van der Waals surface area contributed by atoms with Gasteiger partial charge in [-0.3, -0.25) is 0 Å². The molecular weight excluding hydrogens is 400 g/mol. The molecule has 0 unspecified atom stereocenters. The van der Waals surface area contributed by atoms with Gasteiger partial charge in [0.25, 0.3) is 0 Å². The zero-order chi connectivity index (χ0) is 22.3. The quantitative estimate of drug-likeness (QED) is 0.264. The maximum atomic E-state index is 2.44. The standard InChI is InChI=1S/C31H24N2/c1-4-9-27-19(2)24-17-21(18-26-23-11-6-8-13-30(23)33(27)31(24)26)20-14-15-29-25(16-20)22-10-5-7-12-28(22)32(29)3/h4-18H,1-3H3/b9-4-. The number of allylic oxidation sites excluding steroid dienone is 1. The summed E-state index contributed by atoms with van der Waals surface area (Å²) in [4.78, 5) is 0. The molecule has 7 rings (SSSR count). The molecule has 0 aliphatic heterocycles. The molecule has 2 heteroatoms. The molecule has 0 spiro atoms. The van der Waals surface area contributed by atoms with Gasteiger partial charge < -0.3 is 8.97 Å². The van der Waals surface area contributed by atoms with Gasteiger partial charge in [-0.25, -0.2) is 0 Å². The van der Waals surface area contributed by atoms with E-state index in [9.17, 15) is 0 Å². The van der Waals surface area contributed by atoms with E-state index >= 15 is 0 Å². The van der Waals surface area contributed by atoms with Crippen molar-refractivity contribution in [2.45, 2.75) is 13.8 Å². The van der Waals surface area contributed by atoms with E-state index in [1.165, 1.54) is 71.4 Å². The van der Waals surface area contributed by atoms with Gasteiger partial charge in [0.15, 0.2) is 0 Å². The van der Waals surface area contributed by atoms with Crippen LogP contribution in [0.5, 0.6) is 0 Å². The fourth-order valence-corrected chi connectivity index (χ4v) is 5.81. The first-order valence-corrected chi connectivity index (χ1v) is 11.6. The van der Waals surface area contributed by atoms with E-state index in [2.05, 4.69) is 121 Å². The van der Waals surface area contributed by atoms with Crippen molar-refractivity contribution in [2.75, 3.05) is 0 Å². The fourth-order valence-electron chi connectivity index (χ4n) is 5.81. The minimum absolute atomic E-state index is 1.26. The SMILES string of the molecule is C/C=C\c1c(C)c2cc(-c3ccc4c(c3)c3ccccc3n4C)cc3c4ccccc4n1c23. The first kappa shape index (κ1) is 18.5. The second-order valence-electron chi connectivity index (χ2n) is 9.09. The molecule has 158 valence electrons. The first-order chi connectivity index (χ1) is 16.2. The van der Waals surface area contributed by atoms with E-state index in [0.717, 1.165) is 0 Å². The summed E-state index contributed by atoms with van der Waals surface area (Å²) in [6.45, 7) is 4.35. The molecule has 0 bridgehead atoms. The lowest BCUT2D eigenvalue weighted by molar-refractivity contribution is 1.01. The van der Waals surface area contributed by atoms with Crippen LogP contribution in [0.2, 0.25) is 0 Å². The van der Waals surface area contributed by atoms with Crippen LogP contribution in [0.1, 0.15) is 18.2 Å². The Kier molecular flexibility index (Phi) is 3.64. The van der Waals surface area contributed by atoms with Crippen molar-refractivity contribution >= 4 is 55.1 Å². The topological polar surface area (TPSA) is 9.34 Å². The summed E-state index contributed by atoms with van der Waals surface area (Å²) >= 11 is 0. The van der Waals surface area contributed by atoms with Gasteiger partial charge in [0.05, 0.1) is 11.0 Å². The molecular formula is C31H24N2. The number of para-hydroxylation sites is 2. The zero-order valence-electron chi connectivity index (χ0n) is 19.1. The molecule has 0 N–H and O–H groups in total. The Morgan fingerprint density at radius 2 is 1.27 bits per heavy atom. The number of aromatic nitrogens is 2. The number of rotatable bonds is 2. The van der Waals surface area contributed by atoms with Crippen molar-refractivity contribution in [3.05, 3.63) is 96.2 Å². The lowest BCUT2D eigenvalue weighted by Gasteiger charge is -2.06. The average Bonchev–Trinajstić information content (AvgIpc) is 3.44.